The summed E-state index contributed by atoms with van der Waals surface area (Å²) in [5.41, 5.74) is 2.56. The molecule has 0 saturated heterocycles. The van der Waals surface area contributed by atoms with Crippen LogP contribution < -0.4 is 0 Å². The monoisotopic (exact) mass is 304 g/mol. The van der Waals surface area contributed by atoms with E-state index in [4.69, 9.17) is 4.74 Å². The molecule has 22 heavy (non-hydrogen) atoms. The fourth-order valence-corrected chi connectivity index (χ4v) is 2.50. The van der Waals surface area contributed by atoms with Crippen LogP contribution in [-0.2, 0) is 23.9 Å². The second-order valence-electron chi connectivity index (χ2n) is 5.30. The number of ether oxygens (including phenoxy) is 1. The molecule has 1 nitrogen and oxygen atoms in total. The van der Waals surface area contributed by atoms with Crippen molar-refractivity contribution < 1.29 is 17.9 Å². The summed E-state index contributed by atoms with van der Waals surface area (Å²) in [7, 11) is 0. The highest BCUT2D eigenvalue weighted by atomic mass is 19.4. The lowest BCUT2D eigenvalue weighted by molar-refractivity contribution is -0.137. The van der Waals surface area contributed by atoms with Gasteiger partial charge < -0.3 is 4.74 Å². The Hall–Kier alpha value is -2.07. The Labute approximate surface area is 127 Å². The molecule has 114 valence electrons. The third-order valence-electron chi connectivity index (χ3n) is 3.73. The summed E-state index contributed by atoms with van der Waals surface area (Å²) in [6.07, 6.45) is 0.153. The van der Waals surface area contributed by atoms with Gasteiger partial charge in [-0.3, -0.25) is 0 Å². The summed E-state index contributed by atoms with van der Waals surface area (Å²) in [5, 5.41) is 0. The molecule has 0 aliphatic carbocycles. The predicted octanol–water partition coefficient (Wildman–Crippen LogP) is 4.86. The average Bonchev–Trinajstić information content (AvgIpc) is 2.52. The van der Waals surface area contributed by atoms with Gasteiger partial charge in [0.2, 0.25) is 0 Å². The lowest BCUT2D eigenvalue weighted by Crippen LogP contribution is -2.19. The van der Waals surface area contributed by atoms with Gasteiger partial charge in [-0.1, -0.05) is 48.6 Å². The number of fused-ring (bicyclic) bond motifs is 1. The SMILES string of the molecule is FC(F)(F)c1ccc(/C=C/C2Cc3ccccc3CO2)cc1. The average molecular weight is 304 g/mol. The topological polar surface area (TPSA) is 9.23 Å². The van der Waals surface area contributed by atoms with E-state index in [2.05, 4.69) is 6.07 Å². The number of halogens is 3. The molecule has 0 fully saturated rings. The zero-order valence-corrected chi connectivity index (χ0v) is 11.8. The van der Waals surface area contributed by atoms with Gasteiger partial charge in [0.25, 0.3) is 0 Å². The van der Waals surface area contributed by atoms with E-state index in [1.165, 1.54) is 23.3 Å². The van der Waals surface area contributed by atoms with Crippen LogP contribution in [0.5, 0.6) is 0 Å². The van der Waals surface area contributed by atoms with Crippen LogP contribution in [0, 0.1) is 0 Å². The fourth-order valence-electron chi connectivity index (χ4n) is 2.50. The fraction of sp³-hybridized carbons (Fsp3) is 0.222. The maximum absolute atomic E-state index is 12.5. The van der Waals surface area contributed by atoms with Gasteiger partial charge in [-0.25, -0.2) is 0 Å². The van der Waals surface area contributed by atoms with E-state index in [9.17, 15) is 13.2 Å². The van der Waals surface area contributed by atoms with Gasteiger partial charge in [0.15, 0.2) is 0 Å². The van der Waals surface area contributed by atoms with Crippen molar-refractivity contribution in [3.05, 3.63) is 76.9 Å². The smallest absolute Gasteiger partial charge is 0.369 e. The van der Waals surface area contributed by atoms with Crippen molar-refractivity contribution in [1.29, 1.82) is 0 Å². The van der Waals surface area contributed by atoms with Crippen molar-refractivity contribution in [2.45, 2.75) is 25.3 Å². The number of hydrogen-bond acceptors (Lipinski definition) is 1. The quantitative estimate of drug-likeness (QED) is 0.770. The second-order valence-corrected chi connectivity index (χ2v) is 5.30. The number of hydrogen-bond donors (Lipinski definition) is 0. The largest absolute Gasteiger partial charge is 0.416 e. The zero-order valence-electron chi connectivity index (χ0n) is 11.8. The van der Waals surface area contributed by atoms with Crippen molar-refractivity contribution in [3.63, 3.8) is 0 Å². The van der Waals surface area contributed by atoms with Gasteiger partial charge in [-0.15, -0.1) is 0 Å². The zero-order chi connectivity index (χ0) is 15.6. The summed E-state index contributed by atoms with van der Waals surface area (Å²) in [5.74, 6) is 0. The van der Waals surface area contributed by atoms with Gasteiger partial charge in [0.1, 0.15) is 0 Å². The van der Waals surface area contributed by atoms with Crippen LogP contribution in [0.25, 0.3) is 6.08 Å². The molecule has 3 rings (SSSR count). The first-order chi connectivity index (χ1) is 10.5. The molecule has 2 aromatic rings. The lowest BCUT2D eigenvalue weighted by Gasteiger charge is -2.22. The Balaban J connectivity index is 1.68. The van der Waals surface area contributed by atoms with E-state index in [-0.39, 0.29) is 6.10 Å². The molecule has 1 heterocycles. The van der Waals surface area contributed by atoms with Gasteiger partial charge >= 0.3 is 6.18 Å². The molecular weight excluding hydrogens is 289 g/mol. The van der Waals surface area contributed by atoms with Crippen molar-refractivity contribution in [3.8, 4) is 0 Å². The van der Waals surface area contributed by atoms with Crippen LogP contribution in [0.15, 0.2) is 54.6 Å². The predicted molar refractivity (Wildman–Crippen MR) is 79.2 cm³/mol. The van der Waals surface area contributed by atoms with Crippen molar-refractivity contribution >= 4 is 6.08 Å². The first-order valence-corrected chi connectivity index (χ1v) is 7.06. The van der Waals surface area contributed by atoms with Crippen LogP contribution in [-0.4, -0.2) is 6.10 Å². The molecule has 1 atom stereocenters. The molecular formula is C18H15F3O. The lowest BCUT2D eigenvalue weighted by atomic mass is 9.98. The molecule has 0 amide bonds. The molecule has 0 radical (unpaired) electrons. The molecule has 2 aromatic carbocycles. The summed E-state index contributed by atoms with van der Waals surface area (Å²) >= 11 is 0. The van der Waals surface area contributed by atoms with Crippen LogP contribution in [0.4, 0.5) is 13.2 Å². The molecule has 4 heteroatoms. The van der Waals surface area contributed by atoms with E-state index in [1.807, 2.05) is 24.3 Å². The van der Waals surface area contributed by atoms with Crippen LogP contribution >= 0.6 is 0 Å². The van der Waals surface area contributed by atoms with Gasteiger partial charge in [-0.05, 0) is 28.8 Å². The molecule has 1 aliphatic heterocycles. The van der Waals surface area contributed by atoms with Crippen LogP contribution in [0.2, 0.25) is 0 Å². The van der Waals surface area contributed by atoms with Gasteiger partial charge in [-0.2, -0.15) is 13.2 Å². The van der Waals surface area contributed by atoms with Crippen LogP contribution in [0.1, 0.15) is 22.3 Å². The van der Waals surface area contributed by atoms with E-state index < -0.39 is 11.7 Å². The molecule has 1 unspecified atom stereocenters. The Kier molecular flexibility index (Phi) is 4.03. The minimum Gasteiger partial charge on any atom is -0.369 e. The van der Waals surface area contributed by atoms with Crippen molar-refractivity contribution in [2.75, 3.05) is 0 Å². The highest BCUT2D eigenvalue weighted by molar-refractivity contribution is 5.51. The van der Waals surface area contributed by atoms with Crippen molar-refractivity contribution in [1.82, 2.24) is 0 Å². The minimum atomic E-state index is -4.29. The molecule has 0 spiro atoms. The summed E-state index contributed by atoms with van der Waals surface area (Å²) < 4.78 is 43.2. The Bertz CT molecular complexity index is 671. The van der Waals surface area contributed by atoms with E-state index in [0.717, 1.165) is 24.1 Å². The molecule has 0 bridgehead atoms. The van der Waals surface area contributed by atoms with Crippen LogP contribution in [0.3, 0.4) is 0 Å². The highest BCUT2D eigenvalue weighted by Gasteiger charge is 2.29. The normalized spacial score (nSPS) is 18.4. The summed E-state index contributed by atoms with van der Waals surface area (Å²) in [6.45, 7) is 0.568. The Morgan fingerprint density at radius 2 is 1.64 bits per heavy atom. The van der Waals surface area contributed by atoms with E-state index in [0.29, 0.717) is 6.61 Å². The number of alkyl halides is 3. The molecule has 0 N–H and O–H groups in total. The maximum Gasteiger partial charge on any atom is 0.416 e. The molecule has 0 saturated carbocycles. The number of benzene rings is 2. The molecule has 1 aliphatic rings. The van der Waals surface area contributed by atoms with Gasteiger partial charge in [0.05, 0.1) is 18.3 Å². The molecule has 0 aromatic heterocycles. The highest BCUT2D eigenvalue weighted by Crippen LogP contribution is 2.29. The van der Waals surface area contributed by atoms with E-state index in [1.54, 1.807) is 6.08 Å². The summed E-state index contributed by atoms with van der Waals surface area (Å²) in [4.78, 5) is 0. The first-order valence-electron chi connectivity index (χ1n) is 7.06. The summed E-state index contributed by atoms with van der Waals surface area (Å²) in [6, 6.07) is 13.2. The first kappa shape index (κ1) is 14.9. The standard InChI is InChI=1S/C18H15F3O/c19-18(20,21)16-8-5-13(6-9-16)7-10-17-11-14-3-1-2-4-15(14)12-22-17/h1-10,17H,11-12H2/b10-7+. The maximum atomic E-state index is 12.5. The van der Waals surface area contributed by atoms with E-state index >= 15 is 0 Å². The number of rotatable bonds is 2. The Morgan fingerprint density at radius 1 is 0.955 bits per heavy atom. The van der Waals surface area contributed by atoms with Crippen molar-refractivity contribution in [2.24, 2.45) is 0 Å². The Morgan fingerprint density at radius 3 is 2.32 bits per heavy atom. The third-order valence-corrected chi connectivity index (χ3v) is 3.73. The van der Waals surface area contributed by atoms with Gasteiger partial charge in [0, 0.05) is 6.42 Å². The minimum absolute atomic E-state index is 0.0443. The third kappa shape index (κ3) is 3.39. The second kappa shape index (κ2) is 5.97.